The fourth-order valence-electron chi connectivity index (χ4n) is 2.60. The Kier molecular flexibility index (Phi) is 4.38. The Bertz CT molecular complexity index is 910. The smallest absolute Gasteiger partial charge is 0.319 e. The Morgan fingerprint density at radius 3 is 2.85 bits per heavy atom. The zero-order chi connectivity index (χ0) is 17.8. The van der Waals surface area contributed by atoms with Gasteiger partial charge in [-0.25, -0.2) is 4.79 Å². The van der Waals surface area contributed by atoms with Crippen LogP contribution in [0.2, 0.25) is 0 Å². The molecule has 1 aromatic carbocycles. The van der Waals surface area contributed by atoms with Gasteiger partial charge < -0.3 is 20.1 Å². The summed E-state index contributed by atoms with van der Waals surface area (Å²) < 4.78 is 12.3. The lowest BCUT2D eigenvalue weighted by Gasteiger charge is -2.08. The van der Waals surface area contributed by atoms with E-state index in [0.717, 1.165) is 11.3 Å². The quantitative estimate of drug-likeness (QED) is 0.737. The van der Waals surface area contributed by atoms with E-state index in [4.69, 9.17) is 9.47 Å². The molecule has 0 atom stereocenters. The number of amides is 2. The number of hydrogen-bond donors (Lipinski definition) is 2. The molecule has 4 rings (SSSR count). The number of carbonyl (C=O) groups excluding carboxylic acids is 1. The summed E-state index contributed by atoms with van der Waals surface area (Å²) >= 11 is 0. The van der Waals surface area contributed by atoms with E-state index in [9.17, 15) is 4.79 Å². The van der Waals surface area contributed by atoms with Crippen molar-refractivity contribution < 1.29 is 14.3 Å². The zero-order valence-corrected chi connectivity index (χ0v) is 13.9. The molecule has 0 spiro atoms. The first kappa shape index (κ1) is 15.9. The van der Waals surface area contributed by atoms with E-state index in [0.29, 0.717) is 30.3 Å². The van der Waals surface area contributed by atoms with Crippen molar-refractivity contribution in [3.63, 3.8) is 0 Å². The van der Waals surface area contributed by atoms with E-state index in [2.05, 4.69) is 20.7 Å². The third-order valence-electron chi connectivity index (χ3n) is 3.87. The van der Waals surface area contributed by atoms with Gasteiger partial charge in [0.1, 0.15) is 0 Å². The lowest BCUT2D eigenvalue weighted by Crippen LogP contribution is -2.31. The average molecular weight is 351 g/mol. The molecule has 1 aliphatic heterocycles. The number of carbonyl (C=O) groups is 1. The van der Waals surface area contributed by atoms with Crippen molar-refractivity contribution in [3.8, 4) is 22.8 Å². The van der Waals surface area contributed by atoms with Crippen LogP contribution < -0.4 is 20.1 Å². The Morgan fingerprint density at radius 1 is 1.12 bits per heavy atom. The fourth-order valence-corrected chi connectivity index (χ4v) is 2.60. The normalized spacial score (nSPS) is 12.0. The highest BCUT2D eigenvalue weighted by Gasteiger charge is 2.14. The molecule has 2 amide bonds. The number of anilines is 1. The lowest BCUT2D eigenvalue weighted by atomic mass is 10.2. The van der Waals surface area contributed by atoms with Crippen LogP contribution in [0.25, 0.3) is 11.3 Å². The summed E-state index contributed by atoms with van der Waals surface area (Å²) in [7, 11) is 0. The van der Waals surface area contributed by atoms with Gasteiger partial charge in [-0.2, -0.15) is 5.10 Å². The number of aromatic nitrogens is 3. The molecule has 2 aromatic heterocycles. The summed E-state index contributed by atoms with van der Waals surface area (Å²) in [6, 6.07) is 10.7. The van der Waals surface area contributed by atoms with Gasteiger partial charge >= 0.3 is 6.03 Å². The van der Waals surface area contributed by atoms with Crippen LogP contribution in [0.1, 0.15) is 0 Å². The summed E-state index contributed by atoms with van der Waals surface area (Å²) in [4.78, 5) is 16.0. The largest absolute Gasteiger partial charge is 0.454 e. The van der Waals surface area contributed by atoms with Gasteiger partial charge in [-0.3, -0.25) is 9.67 Å². The fraction of sp³-hybridized carbons (Fsp3) is 0.167. The predicted octanol–water partition coefficient (Wildman–Crippen LogP) is 2.50. The molecular formula is C18H17N5O3. The number of rotatable bonds is 5. The van der Waals surface area contributed by atoms with Crippen molar-refractivity contribution in [1.29, 1.82) is 0 Å². The lowest BCUT2D eigenvalue weighted by molar-refractivity contribution is 0.174. The molecule has 26 heavy (non-hydrogen) atoms. The molecule has 132 valence electrons. The molecule has 3 heterocycles. The van der Waals surface area contributed by atoms with E-state index in [1.807, 2.05) is 24.4 Å². The van der Waals surface area contributed by atoms with Gasteiger partial charge in [-0.15, -0.1) is 0 Å². The number of benzene rings is 1. The topological polar surface area (TPSA) is 90.3 Å². The van der Waals surface area contributed by atoms with Gasteiger partial charge in [0.15, 0.2) is 11.5 Å². The summed E-state index contributed by atoms with van der Waals surface area (Å²) in [6.45, 7) is 1.23. The Labute approximate surface area is 149 Å². The van der Waals surface area contributed by atoms with E-state index >= 15 is 0 Å². The van der Waals surface area contributed by atoms with Crippen LogP contribution in [-0.2, 0) is 6.54 Å². The molecule has 0 saturated carbocycles. The maximum Gasteiger partial charge on any atom is 0.319 e. The van der Waals surface area contributed by atoms with Gasteiger partial charge in [0, 0.05) is 42.5 Å². The highest BCUT2D eigenvalue weighted by molar-refractivity contribution is 5.89. The van der Waals surface area contributed by atoms with Crippen molar-refractivity contribution in [1.82, 2.24) is 20.1 Å². The minimum absolute atomic E-state index is 0.205. The van der Waals surface area contributed by atoms with E-state index in [1.165, 1.54) is 0 Å². The molecular weight excluding hydrogens is 334 g/mol. The first-order chi connectivity index (χ1) is 12.8. The van der Waals surface area contributed by atoms with Crippen molar-refractivity contribution >= 4 is 11.7 Å². The van der Waals surface area contributed by atoms with Crippen molar-refractivity contribution in [2.75, 3.05) is 18.7 Å². The van der Waals surface area contributed by atoms with Crippen LogP contribution in [0.4, 0.5) is 10.5 Å². The van der Waals surface area contributed by atoms with Crippen LogP contribution in [-0.4, -0.2) is 34.1 Å². The summed E-state index contributed by atoms with van der Waals surface area (Å²) in [6.07, 6.45) is 5.35. The molecule has 8 nitrogen and oxygen atoms in total. The summed E-state index contributed by atoms with van der Waals surface area (Å²) in [5, 5.41) is 10.1. The van der Waals surface area contributed by atoms with Gasteiger partial charge in [0.25, 0.3) is 0 Å². The third-order valence-corrected chi connectivity index (χ3v) is 3.87. The number of ether oxygens (including phenoxy) is 2. The van der Waals surface area contributed by atoms with Gasteiger partial charge in [0.05, 0.1) is 12.2 Å². The van der Waals surface area contributed by atoms with Crippen molar-refractivity contribution in [2.45, 2.75) is 6.54 Å². The number of pyridine rings is 1. The SMILES string of the molecule is O=C(NCCn1ccc(-c2ccncc2)n1)Nc1ccc2c(c1)OCO2. The Balaban J connectivity index is 1.27. The maximum absolute atomic E-state index is 12.0. The van der Waals surface area contributed by atoms with Crippen LogP contribution in [0.5, 0.6) is 11.5 Å². The van der Waals surface area contributed by atoms with Crippen LogP contribution in [0, 0.1) is 0 Å². The number of hydrogen-bond acceptors (Lipinski definition) is 5. The Morgan fingerprint density at radius 2 is 1.96 bits per heavy atom. The van der Waals surface area contributed by atoms with Gasteiger partial charge in [0.2, 0.25) is 6.79 Å². The zero-order valence-electron chi connectivity index (χ0n) is 13.9. The monoisotopic (exact) mass is 351 g/mol. The number of nitrogens with one attached hydrogen (secondary N) is 2. The second-order valence-electron chi connectivity index (χ2n) is 5.65. The van der Waals surface area contributed by atoms with Crippen molar-refractivity contribution in [2.24, 2.45) is 0 Å². The third kappa shape index (κ3) is 3.59. The first-order valence-corrected chi connectivity index (χ1v) is 8.16. The number of fused-ring (bicyclic) bond motifs is 1. The van der Waals surface area contributed by atoms with E-state index in [1.54, 1.807) is 35.3 Å². The van der Waals surface area contributed by atoms with E-state index in [-0.39, 0.29) is 12.8 Å². The molecule has 0 radical (unpaired) electrons. The summed E-state index contributed by atoms with van der Waals surface area (Å²) in [5.41, 5.74) is 2.52. The molecule has 2 N–H and O–H groups in total. The maximum atomic E-state index is 12.0. The molecule has 0 saturated heterocycles. The van der Waals surface area contributed by atoms with E-state index < -0.39 is 0 Å². The van der Waals surface area contributed by atoms with Crippen LogP contribution >= 0.6 is 0 Å². The van der Waals surface area contributed by atoms with Gasteiger partial charge in [-0.05, 0) is 30.3 Å². The molecule has 0 fully saturated rings. The molecule has 8 heteroatoms. The first-order valence-electron chi connectivity index (χ1n) is 8.16. The Hall–Kier alpha value is -3.55. The van der Waals surface area contributed by atoms with Gasteiger partial charge in [-0.1, -0.05) is 0 Å². The minimum Gasteiger partial charge on any atom is -0.454 e. The second-order valence-corrected chi connectivity index (χ2v) is 5.65. The molecule has 3 aromatic rings. The average Bonchev–Trinajstić information content (AvgIpc) is 3.31. The minimum atomic E-state index is -0.287. The van der Waals surface area contributed by atoms with Crippen LogP contribution in [0.3, 0.4) is 0 Å². The van der Waals surface area contributed by atoms with Crippen LogP contribution in [0.15, 0.2) is 55.0 Å². The number of nitrogens with zero attached hydrogens (tertiary/aromatic N) is 3. The highest BCUT2D eigenvalue weighted by atomic mass is 16.7. The standard InChI is InChI=1S/C18H17N5O3/c24-18(21-14-1-2-16-17(11-14)26-12-25-16)20-8-10-23-9-5-15(22-23)13-3-6-19-7-4-13/h1-7,9,11H,8,10,12H2,(H2,20,21,24). The van der Waals surface area contributed by atoms with Crippen molar-refractivity contribution in [3.05, 3.63) is 55.0 Å². The highest BCUT2D eigenvalue weighted by Crippen LogP contribution is 2.34. The molecule has 0 unspecified atom stereocenters. The second kappa shape index (κ2) is 7.14. The molecule has 0 bridgehead atoms. The molecule has 0 aliphatic carbocycles. The molecule has 1 aliphatic rings. The number of urea groups is 1. The summed E-state index contributed by atoms with van der Waals surface area (Å²) in [5.74, 6) is 1.31. The predicted molar refractivity (Wildman–Crippen MR) is 95.0 cm³/mol.